The minimum Gasteiger partial charge on any atom is -0.459 e. The molecule has 3 rings (SSSR count). The highest BCUT2D eigenvalue weighted by molar-refractivity contribution is 5.96. The molecule has 0 saturated carbocycles. The Bertz CT molecular complexity index is 870. The summed E-state index contributed by atoms with van der Waals surface area (Å²) in [4.78, 5) is 23.6. The Morgan fingerprint density at radius 2 is 2.08 bits per heavy atom. The largest absolute Gasteiger partial charge is 0.459 e. The zero-order valence-electron chi connectivity index (χ0n) is 13.4. The number of ether oxygens (including phenoxy) is 1. The van der Waals surface area contributed by atoms with Gasteiger partial charge in [0.25, 0.3) is 17.7 Å². The number of nitrogens with one attached hydrogen (secondary N) is 1. The van der Waals surface area contributed by atoms with E-state index in [1.807, 2.05) is 13.0 Å². The molecule has 0 unspecified atom stereocenters. The molecule has 0 aliphatic carbocycles. The van der Waals surface area contributed by atoms with Gasteiger partial charge in [0.15, 0.2) is 12.4 Å². The summed E-state index contributed by atoms with van der Waals surface area (Å²) in [5.74, 6) is -0.207. The molecule has 0 saturated heterocycles. The maximum atomic E-state index is 11.9. The van der Waals surface area contributed by atoms with E-state index in [1.54, 1.807) is 30.3 Å². The molecule has 2 aromatic heterocycles. The van der Waals surface area contributed by atoms with Gasteiger partial charge < -0.3 is 18.9 Å². The molecule has 2 heterocycles. The second kappa shape index (κ2) is 7.43. The maximum absolute atomic E-state index is 11.9. The monoisotopic (exact) mass is 341 g/mol. The van der Waals surface area contributed by atoms with Gasteiger partial charge in [-0.3, -0.25) is 9.59 Å². The lowest BCUT2D eigenvalue weighted by Crippen LogP contribution is -2.30. The number of aromatic nitrogens is 2. The summed E-state index contributed by atoms with van der Waals surface area (Å²) in [6.07, 6.45) is 1.48. The van der Waals surface area contributed by atoms with E-state index in [0.29, 0.717) is 11.3 Å². The fraction of sp³-hybridized carbons (Fsp3) is 0.176. The Morgan fingerprint density at radius 1 is 1.20 bits per heavy atom. The van der Waals surface area contributed by atoms with E-state index in [-0.39, 0.29) is 30.8 Å². The number of aryl methyl sites for hydroxylation is 1. The lowest BCUT2D eigenvalue weighted by Gasteiger charge is -2.05. The third-order valence-electron chi connectivity index (χ3n) is 3.23. The summed E-state index contributed by atoms with van der Waals surface area (Å²) >= 11 is 0. The van der Waals surface area contributed by atoms with Crippen molar-refractivity contribution in [2.75, 3.05) is 6.54 Å². The van der Waals surface area contributed by atoms with Crippen LogP contribution in [0.25, 0.3) is 11.7 Å². The minimum atomic E-state index is -0.612. The van der Waals surface area contributed by atoms with Crippen LogP contribution in [0.2, 0.25) is 0 Å². The molecule has 3 aromatic rings. The van der Waals surface area contributed by atoms with Crippen LogP contribution < -0.4 is 5.32 Å². The van der Waals surface area contributed by atoms with Gasteiger partial charge in [-0.05, 0) is 31.2 Å². The highest BCUT2D eigenvalue weighted by Crippen LogP contribution is 2.17. The second-order valence-corrected chi connectivity index (χ2v) is 5.19. The Labute approximate surface area is 142 Å². The highest BCUT2D eigenvalue weighted by atomic mass is 16.5. The number of nitrogens with zero attached hydrogens (tertiary/aromatic N) is 2. The van der Waals surface area contributed by atoms with Crippen LogP contribution in [0.5, 0.6) is 0 Å². The molecule has 8 nitrogen and oxygen atoms in total. The van der Waals surface area contributed by atoms with Crippen LogP contribution in [0.4, 0.5) is 0 Å². The van der Waals surface area contributed by atoms with Crippen LogP contribution in [-0.2, 0) is 16.1 Å². The van der Waals surface area contributed by atoms with E-state index in [9.17, 15) is 9.59 Å². The van der Waals surface area contributed by atoms with E-state index in [1.165, 1.54) is 6.26 Å². The van der Waals surface area contributed by atoms with Gasteiger partial charge in [0.05, 0.1) is 6.26 Å². The topological polar surface area (TPSA) is 107 Å². The standard InChI is InChI=1S/C17H15N3O5/c1-11-4-2-5-12(8-11)16(22)18-9-15(21)24-10-14-19-20-17(25-14)13-6-3-7-23-13/h2-8H,9-10H2,1H3,(H,18,22). The minimum absolute atomic E-state index is 0.129. The summed E-state index contributed by atoms with van der Waals surface area (Å²) in [6.45, 7) is 1.44. The smallest absolute Gasteiger partial charge is 0.325 e. The number of hydrogen-bond acceptors (Lipinski definition) is 7. The predicted molar refractivity (Wildman–Crippen MR) is 85.3 cm³/mol. The van der Waals surface area contributed by atoms with Gasteiger partial charge >= 0.3 is 5.97 Å². The van der Waals surface area contributed by atoms with Gasteiger partial charge in [-0.1, -0.05) is 17.7 Å². The molecule has 0 radical (unpaired) electrons. The first-order valence-corrected chi connectivity index (χ1v) is 7.48. The first-order chi connectivity index (χ1) is 12.1. The Kier molecular flexibility index (Phi) is 4.89. The van der Waals surface area contributed by atoms with Crippen LogP contribution in [-0.4, -0.2) is 28.6 Å². The van der Waals surface area contributed by atoms with Crippen molar-refractivity contribution in [3.63, 3.8) is 0 Å². The first kappa shape index (κ1) is 16.4. The van der Waals surface area contributed by atoms with Crippen LogP contribution in [0.3, 0.4) is 0 Å². The molecule has 8 heteroatoms. The number of amides is 1. The summed E-state index contributed by atoms with van der Waals surface area (Å²) in [5.41, 5.74) is 1.44. The van der Waals surface area contributed by atoms with Crippen LogP contribution >= 0.6 is 0 Å². The fourth-order valence-electron chi connectivity index (χ4n) is 2.05. The zero-order chi connectivity index (χ0) is 17.6. The molecule has 1 aromatic carbocycles. The van der Waals surface area contributed by atoms with Crippen molar-refractivity contribution in [3.05, 3.63) is 59.7 Å². The number of rotatable bonds is 6. The molecule has 0 aliphatic heterocycles. The number of furan rings is 1. The predicted octanol–water partition coefficient (Wildman–Crippen LogP) is 2.11. The SMILES string of the molecule is Cc1cccc(C(=O)NCC(=O)OCc2nnc(-c3ccco3)o2)c1. The van der Waals surface area contributed by atoms with Crippen LogP contribution in [0, 0.1) is 6.92 Å². The van der Waals surface area contributed by atoms with Gasteiger partial charge in [-0.25, -0.2) is 0 Å². The molecule has 0 fully saturated rings. The van der Waals surface area contributed by atoms with E-state index in [4.69, 9.17) is 13.6 Å². The third-order valence-corrected chi connectivity index (χ3v) is 3.23. The molecule has 1 amide bonds. The van der Waals surface area contributed by atoms with Crippen molar-refractivity contribution >= 4 is 11.9 Å². The number of benzene rings is 1. The van der Waals surface area contributed by atoms with Crippen molar-refractivity contribution in [1.29, 1.82) is 0 Å². The first-order valence-electron chi connectivity index (χ1n) is 7.48. The lowest BCUT2D eigenvalue weighted by atomic mass is 10.1. The van der Waals surface area contributed by atoms with Gasteiger partial charge in [0.2, 0.25) is 0 Å². The molecule has 128 valence electrons. The Balaban J connectivity index is 1.46. The van der Waals surface area contributed by atoms with E-state index in [2.05, 4.69) is 15.5 Å². The van der Waals surface area contributed by atoms with Crippen molar-refractivity contribution in [1.82, 2.24) is 15.5 Å². The average molecular weight is 341 g/mol. The molecule has 1 N–H and O–H groups in total. The van der Waals surface area contributed by atoms with E-state index in [0.717, 1.165) is 5.56 Å². The van der Waals surface area contributed by atoms with Gasteiger partial charge in [-0.2, -0.15) is 0 Å². The van der Waals surface area contributed by atoms with Crippen LogP contribution in [0.15, 0.2) is 51.5 Å². The van der Waals surface area contributed by atoms with E-state index >= 15 is 0 Å². The van der Waals surface area contributed by atoms with Crippen LogP contribution in [0.1, 0.15) is 21.8 Å². The maximum Gasteiger partial charge on any atom is 0.325 e. The van der Waals surface area contributed by atoms with E-state index < -0.39 is 5.97 Å². The average Bonchev–Trinajstić information content (AvgIpc) is 3.29. The summed E-state index contributed by atoms with van der Waals surface area (Å²) in [5, 5.41) is 10.0. The molecule has 0 spiro atoms. The highest BCUT2D eigenvalue weighted by Gasteiger charge is 2.13. The quantitative estimate of drug-likeness (QED) is 0.684. The van der Waals surface area contributed by atoms with Crippen molar-refractivity contribution < 1.29 is 23.2 Å². The third kappa shape index (κ3) is 4.31. The van der Waals surface area contributed by atoms with Gasteiger partial charge in [0.1, 0.15) is 6.54 Å². The van der Waals surface area contributed by atoms with Crippen molar-refractivity contribution in [2.24, 2.45) is 0 Å². The molecule has 0 bridgehead atoms. The number of hydrogen-bond donors (Lipinski definition) is 1. The number of carbonyl (C=O) groups is 2. The molecule has 25 heavy (non-hydrogen) atoms. The summed E-state index contributed by atoms with van der Waals surface area (Å²) in [6, 6.07) is 10.4. The zero-order valence-corrected chi connectivity index (χ0v) is 13.4. The van der Waals surface area contributed by atoms with Crippen molar-refractivity contribution in [2.45, 2.75) is 13.5 Å². The van der Waals surface area contributed by atoms with Crippen molar-refractivity contribution in [3.8, 4) is 11.7 Å². The Morgan fingerprint density at radius 3 is 2.84 bits per heavy atom. The molecule has 0 aliphatic rings. The fourth-order valence-corrected chi connectivity index (χ4v) is 2.05. The summed E-state index contributed by atoms with van der Waals surface area (Å²) < 4.78 is 15.4. The van der Waals surface area contributed by atoms with Gasteiger partial charge in [-0.15, -0.1) is 10.2 Å². The number of esters is 1. The number of carbonyl (C=O) groups excluding carboxylic acids is 2. The normalized spacial score (nSPS) is 10.4. The molecule has 0 atom stereocenters. The lowest BCUT2D eigenvalue weighted by molar-refractivity contribution is -0.144. The molecular weight excluding hydrogens is 326 g/mol. The van der Waals surface area contributed by atoms with Gasteiger partial charge in [0, 0.05) is 5.56 Å². The Hall–Kier alpha value is -3.42. The summed E-state index contributed by atoms with van der Waals surface area (Å²) in [7, 11) is 0. The molecular formula is C17H15N3O5. The second-order valence-electron chi connectivity index (χ2n) is 5.19.